The Labute approximate surface area is 79.7 Å². The van der Waals surface area contributed by atoms with Crippen molar-refractivity contribution >= 4 is 12.6 Å². The van der Waals surface area contributed by atoms with Crippen molar-refractivity contribution < 1.29 is 0 Å². The van der Waals surface area contributed by atoms with E-state index in [2.05, 4.69) is 49.0 Å². The average Bonchev–Trinajstić information content (AvgIpc) is 2.14. The molecule has 0 N–H and O–H groups in total. The Bertz CT molecular complexity index is 226. The summed E-state index contributed by atoms with van der Waals surface area (Å²) >= 11 is 4.00. The third-order valence-electron chi connectivity index (χ3n) is 1.78. The fourth-order valence-corrected chi connectivity index (χ4v) is 1.29. The number of thiol groups is 1. The summed E-state index contributed by atoms with van der Waals surface area (Å²) < 4.78 is 0. The normalized spacial score (nSPS) is 10.8. The lowest BCUT2D eigenvalue weighted by atomic mass is 10.1. The van der Waals surface area contributed by atoms with Crippen LogP contribution in [0.5, 0.6) is 0 Å². The molecule has 1 aromatic rings. The van der Waals surface area contributed by atoms with Crippen molar-refractivity contribution in [2.45, 2.75) is 19.3 Å². The molecular formula is C11H14S. The van der Waals surface area contributed by atoms with E-state index in [0.717, 1.165) is 6.42 Å². The van der Waals surface area contributed by atoms with Gasteiger partial charge in [-0.1, -0.05) is 36.4 Å². The predicted molar refractivity (Wildman–Crippen MR) is 57.5 cm³/mol. The van der Waals surface area contributed by atoms with Gasteiger partial charge < -0.3 is 0 Å². The van der Waals surface area contributed by atoms with Crippen LogP contribution in [0.4, 0.5) is 0 Å². The second-order valence-corrected chi connectivity index (χ2v) is 3.06. The smallest absolute Gasteiger partial charge is 0.0276 e. The van der Waals surface area contributed by atoms with E-state index in [4.69, 9.17) is 0 Å². The van der Waals surface area contributed by atoms with Crippen molar-refractivity contribution in [1.82, 2.24) is 0 Å². The van der Waals surface area contributed by atoms with Crippen LogP contribution in [0.3, 0.4) is 0 Å². The van der Waals surface area contributed by atoms with E-state index in [9.17, 15) is 0 Å². The number of hydrogen-bond acceptors (Lipinski definition) is 1. The molecular weight excluding hydrogens is 164 g/mol. The van der Waals surface area contributed by atoms with E-state index >= 15 is 0 Å². The molecule has 0 heterocycles. The Kier molecular flexibility index (Phi) is 4.62. The van der Waals surface area contributed by atoms with Gasteiger partial charge in [0.05, 0.1) is 0 Å². The predicted octanol–water partition coefficient (Wildman–Crippen LogP) is 3.45. The van der Waals surface area contributed by atoms with Gasteiger partial charge in [-0.05, 0) is 30.2 Å². The minimum Gasteiger partial charge on any atom is -0.152 e. The van der Waals surface area contributed by atoms with Gasteiger partial charge in [0.15, 0.2) is 0 Å². The average molecular weight is 178 g/mol. The Morgan fingerprint density at radius 2 is 1.92 bits per heavy atom. The number of unbranched alkanes of at least 4 members (excludes halogenated alkanes) is 1. The second-order valence-electron chi connectivity index (χ2n) is 2.76. The molecule has 0 spiro atoms. The lowest BCUT2D eigenvalue weighted by molar-refractivity contribution is 0.844. The molecule has 1 rings (SSSR count). The highest BCUT2D eigenvalue weighted by Crippen LogP contribution is 2.04. The lowest BCUT2D eigenvalue weighted by Crippen LogP contribution is -1.82. The van der Waals surface area contributed by atoms with Crippen molar-refractivity contribution in [2.75, 3.05) is 0 Å². The van der Waals surface area contributed by atoms with Crippen molar-refractivity contribution in [3.8, 4) is 0 Å². The van der Waals surface area contributed by atoms with Gasteiger partial charge >= 0.3 is 0 Å². The molecule has 12 heavy (non-hydrogen) atoms. The molecule has 0 radical (unpaired) electrons. The van der Waals surface area contributed by atoms with E-state index in [1.165, 1.54) is 18.4 Å². The zero-order valence-electron chi connectivity index (χ0n) is 7.11. The van der Waals surface area contributed by atoms with Gasteiger partial charge in [0.2, 0.25) is 0 Å². The SMILES string of the molecule is SC=CCCCc1ccccc1. The molecule has 0 aliphatic carbocycles. The maximum atomic E-state index is 4.00. The molecule has 0 nitrogen and oxygen atoms in total. The van der Waals surface area contributed by atoms with E-state index in [1.807, 2.05) is 5.41 Å². The number of allylic oxidation sites excluding steroid dienone is 1. The first-order valence-corrected chi connectivity index (χ1v) is 4.78. The topological polar surface area (TPSA) is 0 Å². The molecule has 0 amide bonds. The second kappa shape index (κ2) is 5.90. The maximum Gasteiger partial charge on any atom is -0.0276 e. The van der Waals surface area contributed by atoms with Gasteiger partial charge in [-0.2, -0.15) is 12.6 Å². The molecule has 0 unspecified atom stereocenters. The number of hydrogen-bond donors (Lipinski definition) is 1. The third-order valence-corrected chi connectivity index (χ3v) is 2.00. The first-order valence-electron chi connectivity index (χ1n) is 4.26. The zero-order chi connectivity index (χ0) is 8.65. The van der Waals surface area contributed by atoms with Gasteiger partial charge in [0.1, 0.15) is 0 Å². The summed E-state index contributed by atoms with van der Waals surface area (Å²) in [4.78, 5) is 0. The van der Waals surface area contributed by atoms with Crippen molar-refractivity contribution in [2.24, 2.45) is 0 Å². The lowest BCUT2D eigenvalue weighted by Gasteiger charge is -1.97. The molecule has 1 heteroatoms. The standard InChI is InChI=1S/C11H14S/c12-10-6-2-5-9-11-7-3-1-4-8-11/h1,3-4,6-8,10,12H,2,5,9H2. The molecule has 1 aromatic carbocycles. The van der Waals surface area contributed by atoms with Crippen LogP contribution in [0.2, 0.25) is 0 Å². The summed E-state index contributed by atoms with van der Waals surface area (Å²) in [5, 5.41) is 1.81. The quantitative estimate of drug-likeness (QED) is 0.530. The monoisotopic (exact) mass is 178 g/mol. The first kappa shape index (κ1) is 9.40. The minimum absolute atomic E-state index is 1.12. The zero-order valence-corrected chi connectivity index (χ0v) is 8.00. The van der Waals surface area contributed by atoms with Crippen LogP contribution in [0, 0.1) is 0 Å². The fourth-order valence-electron chi connectivity index (χ4n) is 1.14. The number of aryl methyl sites for hydroxylation is 1. The highest BCUT2D eigenvalue weighted by atomic mass is 32.1. The van der Waals surface area contributed by atoms with Crippen LogP contribution < -0.4 is 0 Å². The summed E-state index contributed by atoms with van der Waals surface area (Å²) in [6, 6.07) is 10.6. The van der Waals surface area contributed by atoms with Crippen LogP contribution in [0.25, 0.3) is 0 Å². The summed E-state index contributed by atoms with van der Waals surface area (Å²) in [5.74, 6) is 0. The highest BCUT2D eigenvalue weighted by Gasteiger charge is 1.88. The molecule has 0 atom stereocenters. The summed E-state index contributed by atoms with van der Waals surface area (Å²) in [6.45, 7) is 0. The fraction of sp³-hybridized carbons (Fsp3) is 0.273. The van der Waals surface area contributed by atoms with E-state index < -0.39 is 0 Å². The van der Waals surface area contributed by atoms with Crippen LogP contribution in [0.1, 0.15) is 18.4 Å². The molecule has 0 saturated heterocycles. The Morgan fingerprint density at radius 3 is 2.58 bits per heavy atom. The minimum atomic E-state index is 1.12. The molecule has 64 valence electrons. The number of rotatable bonds is 4. The molecule has 0 aromatic heterocycles. The van der Waals surface area contributed by atoms with E-state index in [1.54, 1.807) is 0 Å². The molecule has 0 aliphatic rings. The molecule has 0 bridgehead atoms. The van der Waals surface area contributed by atoms with Crippen molar-refractivity contribution in [3.05, 3.63) is 47.4 Å². The van der Waals surface area contributed by atoms with E-state index in [0.29, 0.717) is 0 Å². The molecule has 0 saturated carbocycles. The van der Waals surface area contributed by atoms with Crippen LogP contribution >= 0.6 is 12.6 Å². The van der Waals surface area contributed by atoms with Crippen LogP contribution in [0.15, 0.2) is 41.8 Å². The first-order chi connectivity index (χ1) is 5.93. The summed E-state index contributed by atoms with van der Waals surface area (Å²) in [7, 11) is 0. The van der Waals surface area contributed by atoms with Crippen molar-refractivity contribution in [1.29, 1.82) is 0 Å². The molecule has 0 aliphatic heterocycles. The van der Waals surface area contributed by atoms with Gasteiger partial charge in [0, 0.05) is 0 Å². The van der Waals surface area contributed by atoms with Crippen LogP contribution in [-0.4, -0.2) is 0 Å². The van der Waals surface area contributed by atoms with Gasteiger partial charge in [0.25, 0.3) is 0 Å². The van der Waals surface area contributed by atoms with Crippen molar-refractivity contribution in [3.63, 3.8) is 0 Å². The van der Waals surface area contributed by atoms with Gasteiger partial charge in [-0.25, -0.2) is 0 Å². The largest absolute Gasteiger partial charge is 0.152 e. The number of benzene rings is 1. The highest BCUT2D eigenvalue weighted by molar-refractivity contribution is 7.83. The van der Waals surface area contributed by atoms with Gasteiger partial charge in [-0.15, -0.1) is 0 Å². The maximum absolute atomic E-state index is 4.00. The van der Waals surface area contributed by atoms with Crippen LogP contribution in [-0.2, 0) is 6.42 Å². The van der Waals surface area contributed by atoms with Gasteiger partial charge in [-0.3, -0.25) is 0 Å². The Morgan fingerprint density at radius 1 is 1.17 bits per heavy atom. The Hall–Kier alpha value is -0.690. The summed E-state index contributed by atoms with van der Waals surface area (Å²) in [6.07, 6.45) is 5.59. The summed E-state index contributed by atoms with van der Waals surface area (Å²) in [5.41, 5.74) is 1.42. The third kappa shape index (κ3) is 3.63. The molecule has 0 fully saturated rings. The van der Waals surface area contributed by atoms with E-state index in [-0.39, 0.29) is 0 Å². The Balaban J connectivity index is 2.24.